The molecule has 186 valence electrons. The molecule has 9 rings (SSSR count). The first kappa shape index (κ1) is 21.9. The fraction of sp³-hybridized carbons (Fsp3) is 0. The van der Waals surface area contributed by atoms with Gasteiger partial charge in [-0.05, 0) is 62.7 Å². The minimum atomic E-state index is 1.03. The van der Waals surface area contributed by atoms with Gasteiger partial charge in [-0.1, -0.05) is 109 Å². The summed E-state index contributed by atoms with van der Waals surface area (Å²) in [5.74, 6) is 0. The smallest absolute Gasteiger partial charge is 0.147 e. The highest BCUT2D eigenvalue weighted by Crippen LogP contribution is 2.42. The van der Waals surface area contributed by atoms with E-state index < -0.39 is 0 Å². The second kappa shape index (κ2) is 8.25. The third-order valence-corrected chi connectivity index (χ3v) is 9.35. The largest absolute Gasteiger partial charge is 0.283 e. The summed E-state index contributed by atoms with van der Waals surface area (Å²) in [7, 11) is 0. The summed E-state index contributed by atoms with van der Waals surface area (Å²) in [6, 6.07) is 48.2. The molecular weight excluding hydrogens is 504 g/mol. The van der Waals surface area contributed by atoms with E-state index in [-0.39, 0.29) is 0 Å². The summed E-state index contributed by atoms with van der Waals surface area (Å²) in [6.07, 6.45) is 0. The van der Waals surface area contributed by atoms with Gasteiger partial charge in [-0.3, -0.25) is 4.40 Å². The molecule has 3 heterocycles. The maximum Gasteiger partial charge on any atom is 0.147 e. The maximum absolute atomic E-state index is 5.05. The van der Waals surface area contributed by atoms with Gasteiger partial charge in [0.1, 0.15) is 10.5 Å². The number of thiophene rings is 1. The molecule has 0 aliphatic carbocycles. The Kier molecular flexibility index (Phi) is 4.52. The number of hydrogen-bond donors (Lipinski definition) is 0. The highest BCUT2D eigenvalue weighted by molar-refractivity contribution is 7.25. The summed E-state index contributed by atoms with van der Waals surface area (Å²) < 4.78 is 3.65. The van der Waals surface area contributed by atoms with E-state index in [4.69, 9.17) is 4.98 Å². The van der Waals surface area contributed by atoms with Crippen molar-refractivity contribution in [1.82, 2.24) is 9.38 Å². The summed E-state index contributed by atoms with van der Waals surface area (Å²) in [5.41, 5.74) is 8.18. The summed E-state index contributed by atoms with van der Waals surface area (Å²) in [6.45, 7) is 0. The van der Waals surface area contributed by atoms with Gasteiger partial charge in [0.25, 0.3) is 0 Å². The Morgan fingerprint density at radius 1 is 0.525 bits per heavy atom. The number of para-hydroxylation sites is 2. The van der Waals surface area contributed by atoms with Crippen LogP contribution in [-0.4, -0.2) is 9.38 Å². The predicted molar refractivity (Wildman–Crippen MR) is 171 cm³/mol. The molecule has 0 radical (unpaired) electrons. The molecule has 0 unspecified atom stereocenters. The van der Waals surface area contributed by atoms with E-state index in [1.165, 1.54) is 64.1 Å². The molecule has 0 saturated carbocycles. The molecule has 0 N–H and O–H groups in total. The fourth-order valence-corrected chi connectivity index (χ4v) is 7.52. The van der Waals surface area contributed by atoms with E-state index >= 15 is 0 Å². The number of pyridine rings is 1. The first-order valence-electron chi connectivity index (χ1n) is 13.6. The number of aromatic nitrogens is 2. The van der Waals surface area contributed by atoms with Crippen LogP contribution in [0, 0.1) is 0 Å². The fourth-order valence-electron chi connectivity index (χ4n) is 6.31. The van der Waals surface area contributed by atoms with Gasteiger partial charge in [0.15, 0.2) is 0 Å². The molecule has 9 aromatic rings. The zero-order valence-corrected chi connectivity index (χ0v) is 22.3. The van der Waals surface area contributed by atoms with Gasteiger partial charge in [0.2, 0.25) is 0 Å². The lowest BCUT2D eigenvalue weighted by atomic mass is 9.95. The van der Waals surface area contributed by atoms with Crippen LogP contribution >= 0.6 is 11.3 Å². The van der Waals surface area contributed by atoms with Crippen molar-refractivity contribution in [3.8, 4) is 22.3 Å². The highest BCUT2D eigenvalue weighted by Gasteiger charge is 2.18. The Labute approximate surface area is 234 Å². The van der Waals surface area contributed by atoms with Crippen molar-refractivity contribution in [2.24, 2.45) is 0 Å². The SMILES string of the molecule is c1ccc2c(-c3ccc(-c4ccc5sc6c(c5c4)c4ccccc4c4nc5ccccc5n46)cc3)cccc2c1. The minimum Gasteiger partial charge on any atom is -0.283 e. The summed E-state index contributed by atoms with van der Waals surface area (Å²) >= 11 is 1.85. The lowest BCUT2D eigenvalue weighted by Crippen LogP contribution is -1.88. The van der Waals surface area contributed by atoms with Gasteiger partial charge >= 0.3 is 0 Å². The van der Waals surface area contributed by atoms with E-state index in [0.29, 0.717) is 0 Å². The lowest BCUT2D eigenvalue weighted by molar-refractivity contribution is 1.34. The molecule has 2 nitrogen and oxygen atoms in total. The van der Waals surface area contributed by atoms with Gasteiger partial charge in [-0.15, -0.1) is 11.3 Å². The molecule has 0 fully saturated rings. The quantitative estimate of drug-likeness (QED) is 0.219. The Hall–Kier alpha value is -4.99. The maximum atomic E-state index is 5.05. The van der Waals surface area contributed by atoms with E-state index in [2.05, 4.69) is 138 Å². The van der Waals surface area contributed by atoms with Gasteiger partial charge in [-0.2, -0.15) is 0 Å². The van der Waals surface area contributed by atoms with Crippen LogP contribution in [0.1, 0.15) is 0 Å². The Morgan fingerprint density at radius 3 is 2.12 bits per heavy atom. The lowest BCUT2D eigenvalue weighted by Gasteiger charge is -2.09. The topological polar surface area (TPSA) is 17.3 Å². The van der Waals surface area contributed by atoms with Crippen LogP contribution in [0.2, 0.25) is 0 Å². The third-order valence-electron chi connectivity index (χ3n) is 8.19. The van der Waals surface area contributed by atoms with Crippen molar-refractivity contribution in [3.05, 3.63) is 133 Å². The van der Waals surface area contributed by atoms with E-state index in [1.807, 2.05) is 11.3 Å². The number of fused-ring (bicyclic) bond motifs is 11. The first-order valence-corrected chi connectivity index (χ1v) is 14.4. The molecule has 0 amide bonds. The number of imidazole rings is 1. The molecule has 6 aromatic carbocycles. The Morgan fingerprint density at radius 2 is 1.23 bits per heavy atom. The van der Waals surface area contributed by atoms with Crippen LogP contribution in [0.15, 0.2) is 133 Å². The minimum absolute atomic E-state index is 1.03. The molecule has 0 spiro atoms. The predicted octanol–water partition coefficient (Wildman–Crippen LogP) is 10.5. The molecule has 40 heavy (non-hydrogen) atoms. The van der Waals surface area contributed by atoms with Crippen LogP contribution in [-0.2, 0) is 0 Å². The molecule has 0 saturated heterocycles. The summed E-state index contributed by atoms with van der Waals surface area (Å²) in [5, 5.41) is 7.61. The second-order valence-corrected chi connectivity index (χ2v) is 11.4. The van der Waals surface area contributed by atoms with Crippen LogP contribution in [0.4, 0.5) is 0 Å². The van der Waals surface area contributed by atoms with Crippen molar-refractivity contribution in [1.29, 1.82) is 0 Å². The second-order valence-electron chi connectivity index (χ2n) is 10.4. The van der Waals surface area contributed by atoms with E-state index in [9.17, 15) is 0 Å². The van der Waals surface area contributed by atoms with Crippen molar-refractivity contribution in [3.63, 3.8) is 0 Å². The van der Waals surface area contributed by atoms with Crippen LogP contribution in [0.25, 0.3) is 80.8 Å². The number of rotatable bonds is 2. The van der Waals surface area contributed by atoms with Gasteiger partial charge in [-0.25, -0.2) is 4.98 Å². The molecule has 0 bridgehead atoms. The summed E-state index contributed by atoms with van der Waals surface area (Å²) in [4.78, 5) is 6.30. The molecule has 3 heteroatoms. The monoisotopic (exact) mass is 526 g/mol. The third kappa shape index (κ3) is 3.07. The standard InChI is InChI=1S/C37H22N2S/c1-2-10-27-24(8-1)9-7-13-28(27)25-18-16-23(17-19-25)26-20-21-34-31(22-26)35-29-11-3-4-12-30(29)36-38-32-14-5-6-15-33(32)39(36)37(35)40-34/h1-22H. The average molecular weight is 527 g/mol. The molecule has 0 aliphatic rings. The van der Waals surface area contributed by atoms with Crippen LogP contribution < -0.4 is 0 Å². The molecule has 0 atom stereocenters. The molecule has 3 aromatic heterocycles. The van der Waals surface area contributed by atoms with Gasteiger partial charge < -0.3 is 0 Å². The van der Waals surface area contributed by atoms with Gasteiger partial charge in [0.05, 0.1) is 11.0 Å². The number of benzene rings is 6. The van der Waals surface area contributed by atoms with E-state index in [0.717, 1.165) is 16.7 Å². The van der Waals surface area contributed by atoms with Gasteiger partial charge in [0, 0.05) is 20.9 Å². The normalized spacial score (nSPS) is 12.0. The Bertz CT molecular complexity index is 2420. The van der Waals surface area contributed by atoms with Crippen LogP contribution in [0.5, 0.6) is 0 Å². The molecule has 0 aliphatic heterocycles. The van der Waals surface area contributed by atoms with Crippen LogP contribution in [0.3, 0.4) is 0 Å². The van der Waals surface area contributed by atoms with Crippen molar-refractivity contribution in [2.45, 2.75) is 0 Å². The zero-order valence-electron chi connectivity index (χ0n) is 21.5. The van der Waals surface area contributed by atoms with Crippen molar-refractivity contribution < 1.29 is 0 Å². The zero-order chi connectivity index (χ0) is 26.2. The van der Waals surface area contributed by atoms with Crippen molar-refractivity contribution >= 4 is 69.9 Å². The van der Waals surface area contributed by atoms with Crippen molar-refractivity contribution in [2.75, 3.05) is 0 Å². The van der Waals surface area contributed by atoms with E-state index in [1.54, 1.807) is 0 Å². The average Bonchev–Trinajstić information content (AvgIpc) is 3.60. The highest BCUT2D eigenvalue weighted by atomic mass is 32.1. The number of nitrogens with zero attached hydrogens (tertiary/aromatic N) is 2. The number of hydrogen-bond acceptors (Lipinski definition) is 2. The Balaban J connectivity index is 1.26. The molecular formula is C37H22N2S. The first-order chi connectivity index (χ1) is 19.8.